The lowest BCUT2D eigenvalue weighted by Crippen LogP contribution is -2.21. The highest BCUT2D eigenvalue weighted by Gasteiger charge is 2.08. The van der Waals surface area contributed by atoms with Gasteiger partial charge in [-0.1, -0.05) is 36.5 Å². The van der Waals surface area contributed by atoms with Gasteiger partial charge in [0, 0.05) is 28.7 Å². The minimum absolute atomic E-state index is 0.0626. The molecule has 2 aromatic rings. The monoisotopic (exact) mass is 271 g/mol. The molecule has 1 aromatic heterocycles. The fourth-order valence-electron chi connectivity index (χ4n) is 2.16. The van der Waals surface area contributed by atoms with Crippen molar-refractivity contribution in [1.82, 2.24) is 4.57 Å². The maximum absolute atomic E-state index is 11.9. The average molecular weight is 271 g/mol. The maximum Gasteiger partial charge on any atom is 0.253 e. The smallest absolute Gasteiger partial charge is 0.253 e. The van der Waals surface area contributed by atoms with Crippen molar-refractivity contribution in [3.63, 3.8) is 0 Å². The molecule has 0 aliphatic rings. The number of hydrogen-bond acceptors (Lipinski definition) is 2. The van der Waals surface area contributed by atoms with E-state index in [1.165, 1.54) is 0 Å². The Kier molecular flexibility index (Phi) is 3.67. The van der Waals surface area contributed by atoms with Crippen LogP contribution in [0.4, 0.5) is 0 Å². The Labute approximate surface area is 118 Å². The van der Waals surface area contributed by atoms with Crippen molar-refractivity contribution >= 4 is 17.1 Å². The van der Waals surface area contributed by atoms with Gasteiger partial charge in [0.1, 0.15) is 0 Å². The lowest BCUT2D eigenvalue weighted by Gasteiger charge is -2.12. The van der Waals surface area contributed by atoms with Crippen LogP contribution in [0.3, 0.4) is 0 Å². The summed E-state index contributed by atoms with van der Waals surface area (Å²) >= 11 is 5.16. The molecule has 0 bridgehead atoms. The molecule has 0 saturated heterocycles. The summed E-state index contributed by atoms with van der Waals surface area (Å²) < 4.78 is 1.70. The van der Waals surface area contributed by atoms with Gasteiger partial charge in [-0.15, -0.1) is 0 Å². The molecule has 1 heterocycles. The van der Waals surface area contributed by atoms with E-state index in [1.807, 2.05) is 46.0 Å². The normalized spacial score (nSPS) is 10.5. The van der Waals surface area contributed by atoms with Crippen LogP contribution in [0.5, 0.6) is 0 Å². The van der Waals surface area contributed by atoms with Crippen LogP contribution in [0, 0.1) is 13.8 Å². The molecular weight excluding hydrogens is 254 g/mol. The molecular formula is C16H17NOS. The van der Waals surface area contributed by atoms with Crippen LogP contribution in [0.1, 0.15) is 23.7 Å². The van der Waals surface area contributed by atoms with Crippen LogP contribution in [0.2, 0.25) is 0 Å². The van der Waals surface area contributed by atoms with Crippen LogP contribution in [0.15, 0.2) is 35.1 Å². The first-order valence-corrected chi connectivity index (χ1v) is 6.61. The lowest BCUT2D eigenvalue weighted by atomic mass is 10.0. The van der Waals surface area contributed by atoms with Crippen molar-refractivity contribution < 1.29 is 0 Å². The number of thiocarbonyl (C=S) groups is 1. The second-order valence-corrected chi connectivity index (χ2v) is 5.44. The molecule has 0 unspecified atom stereocenters. The molecule has 98 valence electrons. The van der Waals surface area contributed by atoms with E-state index in [1.54, 1.807) is 4.57 Å². The summed E-state index contributed by atoms with van der Waals surface area (Å²) in [4.78, 5) is 12.8. The predicted octanol–water partition coefficient (Wildman–Crippen LogP) is 3.41. The summed E-state index contributed by atoms with van der Waals surface area (Å²) in [5.74, 6) is 0. The van der Waals surface area contributed by atoms with Crippen LogP contribution in [0.25, 0.3) is 11.1 Å². The fraction of sp³-hybridized carbons (Fsp3) is 0.250. The minimum atomic E-state index is 0.0626. The van der Waals surface area contributed by atoms with Crippen LogP contribution in [-0.4, -0.2) is 9.43 Å². The van der Waals surface area contributed by atoms with Crippen LogP contribution < -0.4 is 5.56 Å². The standard InChI is InChI=1S/C16H17NOS/c1-10-9-15(11(2)17(4)16(10)18)14-7-5-13(6-8-14)12(3)19/h5-9H,1-4H3. The first-order valence-electron chi connectivity index (χ1n) is 6.20. The van der Waals surface area contributed by atoms with Gasteiger partial charge < -0.3 is 4.57 Å². The van der Waals surface area contributed by atoms with Crippen molar-refractivity contribution in [2.45, 2.75) is 20.8 Å². The Balaban J connectivity index is 2.59. The second kappa shape index (κ2) is 5.10. The Morgan fingerprint density at radius 3 is 2.26 bits per heavy atom. The third-order valence-electron chi connectivity index (χ3n) is 3.50. The minimum Gasteiger partial charge on any atom is -0.315 e. The largest absolute Gasteiger partial charge is 0.315 e. The molecule has 0 fully saturated rings. The third-order valence-corrected chi connectivity index (χ3v) is 3.73. The number of hydrogen-bond donors (Lipinski definition) is 0. The molecule has 0 N–H and O–H groups in total. The van der Waals surface area contributed by atoms with Gasteiger partial charge in [0.15, 0.2) is 0 Å². The summed E-state index contributed by atoms with van der Waals surface area (Å²) in [5.41, 5.74) is 5.07. The SMILES string of the molecule is CC(=S)c1ccc(-c2cc(C)c(=O)n(C)c2C)cc1. The molecule has 0 saturated carbocycles. The van der Waals surface area contributed by atoms with E-state index >= 15 is 0 Å². The van der Waals surface area contributed by atoms with E-state index < -0.39 is 0 Å². The number of aromatic nitrogens is 1. The van der Waals surface area contributed by atoms with Gasteiger partial charge in [-0.25, -0.2) is 0 Å². The summed E-state index contributed by atoms with van der Waals surface area (Å²) in [5, 5.41) is 0. The highest BCUT2D eigenvalue weighted by molar-refractivity contribution is 7.80. The van der Waals surface area contributed by atoms with E-state index in [0.29, 0.717) is 0 Å². The summed E-state index contributed by atoms with van der Waals surface area (Å²) in [7, 11) is 1.81. The first kappa shape index (κ1) is 13.7. The number of aryl methyl sites for hydroxylation is 1. The highest BCUT2D eigenvalue weighted by Crippen LogP contribution is 2.23. The Morgan fingerprint density at radius 1 is 1.16 bits per heavy atom. The van der Waals surface area contributed by atoms with Crippen molar-refractivity contribution in [1.29, 1.82) is 0 Å². The summed E-state index contributed by atoms with van der Waals surface area (Å²) in [6.07, 6.45) is 0. The molecule has 0 atom stereocenters. The van der Waals surface area contributed by atoms with Gasteiger partial charge >= 0.3 is 0 Å². The summed E-state index contributed by atoms with van der Waals surface area (Å²) in [6, 6.07) is 10.1. The Morgan fingerprint density at radius 2 is 1.74 bits per heavy atom. The van der Waals surface area contributed by atoms with Crippen LogP contribution >= 0.6 is 12.2 Å². The van der Waals surface area contributed by atoms with E-state index in [0.717, 1.165) is 32.8 Å². The predicted molar refractivity (Wildman–Crippen MR) is 84.0 cm³/mol. The zero-order valence-corrected chi connectivity index (χ0v) is 12.5. The lowest BCUT2D eigenvalue weighted by molar-refractivity contribution is 0.811. The molecule has 0 spiro atoms. The molecule has 2 nitrogen and oxygen atoms in total. The first-order chi connectivity index (χ1) is 8.91. The molecule has 2 rings (SSSR count). The van der Waals surface area contributed by atoms with E-state index in [2.05, 4.69) is 12.1 Å². The van der Waals surface area contributed by atoms with Crippen molar-refractivity contribution in [3.8, 4) is 11.1 Å². The van der Waals surface area contributed by atoms with Gasteiger partial charge in [0.2, 0.25) is 0 Å². The third kappa shape index (κ3) is 2.51. The quantitative estimate of drug-likeness (QED) is 0.617. The number of pyridine rings is 1. The van der Waals surface area contributed by atoms with E-state index in [-0.39, 0.29) is 5.56 Å². The molecule has 1 aromatic carbocycles. The molecule has 0 aliphatic heterocycles. The number of rotatable bonds is 2. The molecule has 0 radical (unpaired) electrons. The molecule has 3 heteroatoms. The second-order valence-electron chi connectivity index (χ2n) is 4.82. The molecule has 19 heavy (non-hydrogen) atoms. The van der Waals surface area contributed by atoms with E-state index in [4.69, 9.17) is 12.2 Å². The number of nitrogens with zero attached hydrogens (tertiary/aromatic N) is 1. The van der Waals surface area contributed by atoms with Crippen LogP contribution in [-0.2, 0) is 7.05 Å². The van der Waals surface area contributed by atoms with Gasteiger partial charge in [-0.2, -0.15) is 0 Å². The van der Waals surface area contributed by atoms with Gasteiger partial charge in [0.05, 0.1) is 0 Å². The zero-order valence-electron chi connectivity index (χ0n) is 11.7. The molecule has 0 aliphatic carbocycles. The van der Waals surface area contributed by atoms with Gasteiger partial charge in [-0.3, -0.25) is 4.79 Å². The topological polar surface area (TPSA) is 22.0 Å². The average Bonchev–Trinajstić information content (AvgIpc) is 2.40. The van der Waals surface area contributed by atoms with E-state index in [9.17, 15) is 4.79 Å². The number of benzene rings is 1. The Bertz CT molecular complexity index is 696. The zero-order chi connectivity index (χ0) is 14.2. The molecule has 0 amide bonds. The Hall–Kier alpha value is -1.74. The van der Waals surface area contributed by atoms with Crippen molar-refractivity contribution in [3.05, 3.63) is 57.5 Å². The van der Waals surface area contributed by atoms with Crippen molar-refractivity contribution in [2.75, 3.05) is 0 Å². The fourth-order valence-corrected chi connectivity index (χ4v) is 2.29. The highest BCUT2D eigenvalue weighted by atomic mass is 32.1. The van der Waals surface area contributed by atoms with Gasteiger partial charge in [0.25, 0.3) is 5.56 Å². The maximum atomic E-state index is 11.9. The van der Waals surface area contributed by atoms with Gasteiger partial charge in [-0.05, 0) is 38.0 Å². The summed E-state index contributed by atoms with van der Waals surface area (Å²) in [6.45, 7) is 5.74. The van der Waals surface area contributed by atoms with Crippen molar-refractivity contribution in [2.24, 2.45) is 7.05 Å².